The zero-order valence-corrected chi connectivity index (χ0v) is 9.79. The summed E-state index contributed by atoms with van der Waals surface area (Å²) in [6.07, 6.45) is 4.15. The van der Waals surface area contributed by atoms with Gasteiger partial charge in [-0.15, -0.1) is 0 Å². The lowest BCUT2D eigenvalue weighted by Gasteiger charge is -2.46. The Morgan fingerprint density at radius 1 is 1.13 bits per heavy atom. The van der Waals surface area contributed by atoms with E-state index >= 15 is 0 Å². The van der Waals surface area contributed by atoms with Crippen molar-refractivity contribution in [2.45, 2.75) is 32.2 Å². The number of rotatable bonds is 4. The molecular formula is C12H23FN2. The molecule has 2 nitrogen and oxygen atoms in total. The average Bonchev–Trinajstić information content (AvgIpc) is 2.19. The SMILES string of the molecule is CCC1CC(N2CCN(CCF)CC2)C1. The highest BCUT2D eigenvalue weighted by Crippen LogP contribution is 2.34. The van der Waals surface area contributed by atoms with Crippen LogP contribution in [0.3, 0.4) is 0 Å². The van der Waals surface area contributed by atoms with Crippen LogP contribution < -0.4 is 0 Å². The van der Waals surface area contributed by atoms with Gasteiger partial charge in [0.15, 0.2) is 0 Å². The van der Waals surface area contributed by atoms with Crippen LogP contribution in [0.2, 0.25) is 0 Å². The minimum absolute atomic E-state index is 0.193. The molecule has 15 heavy (non-hydrogen) atoms. The smallest absolute Gasteiger partial charge is 0.102 e. The van der Waals surface area contributed by atoms with Crippen molar-refractivity contribution in [3.05, 3.63) is 0 Å². The highest BCUT2D eigenvalue weighted by Gasteiger charge is 2.33. The molecule has 1 heterocycles. The van der Waals surface area contributed by atoms with E-state index in [1.165, 1.54) is 19.3 Å². The summed E-state index contributed by atoms with van der Waals surface area (Å²) in [5.74, 6) is 0.985. The first-order chi connectivity index (χ1) is 7.33. The minimum Gasteiger partial charge on any atom is -0.298 e. The zero-order valence-electron chi connectivity index (χ0n) is 9.79. The van der Waals surface area contributed by atoms with Crippen molar-refractivity contribution >= 4 is 0 Å². The molecular weight excluding hydrogens is 191 g/mol. The van der Waals surface area contributed by atoms with Crippen LogP contribution in [0.1, 0.15) is 26.2 Å². The van der Waals surface area contributed by atoms with Crippen LogP contribution in [-0.4, -0.2) is 55.2 Å². The summed E-state index contributed by atoms with van der Waals surface area (Å²) in [4.78, 5) is 4.85. The van der Waals surface area contributed by atoms with Crippen LogP contribution in [0.5, 0.6) is 0 Å². The predicted octanol–water partition coefficient (Wildman–Crippen LogP) is 1.76. The van der Waals surface area contributed by atoms with Gasteiger partial charge in [-0.05, 0) is 18.8 Å². The molecule has 0 aromatic rings. The van der Waals surface area contributed by atoms with E-state index in [1.54, 1.807) is 0 Å². The fourth-order valence-electron chi connectivity index (χ4n) is 2.80. The molecule has 0 unspecified atom stereocenters. The Bertz CT molecular complexity index is 184. The van der Waals surface area contributed by atoms with Gasteiger partial charge in [-0.25, -0.2) is 4.39 Å². The standard InChI is InChI=1S/C12H23FN2/c1-2-11-9-12(10-11)15-7-5-14(4-3-13)6-8-15/h11-12H,2-10H2,1H3. The minimum atomic E-state index is -0.193. The maximum atomic E-state index is 12.2. The molecule has 2 aliphatic rings. The van der Waals surface area contributed by atoms with Crippen LogP contribution in [0.15, 0.2) is 0 Å². The molecule has 0 amide bonds. The van der Waals surface area contributed by atoms with Crippen molar-refractivity contribution in [3.8, 4) is 0 Å². The number of halogens is 1. The van der Waals surface area contributed by atoms with E-state index in [2.05, 4.69) is 16.7 Å². The number of nitrogens with zero attached hydrogens (tertiary/aromatic N) is 2. The molecule has 0 aromatic heterocycles. The number of hydrogen-bond donors (Lipinski definition) is 0. The maximum Gasteiger partial charge on any atom is 0.102 e. The molecule has 1 aliphatic heterocycles. The lowest BCUT2D eigenvalue weighted by molar-refractivity contribution is 0.0308. The maximum absolute atomic E-state index is 12.2. The van der Waals surface area contributed by atoms with Crippen molar-refractivity contribution < 1.29 is 4.39 Å². The molecule has 0 bridgehead atoms. The van der Waals surface area contributed by atoms with Gasteiger partial charge in [0.25, 0.3) is 0 Å². The summed E-state index contributed by atoms with van der Waals surface area (Å²) < 4.78 is 12.2. The average molecular weight is 214 g/mol. The van der Waals surface area contributed by atoms with E-state index in [-0.39, 0.29) is 6.67 Å². The van der Waals surface area contributed by atoms with Crippen molar-refractivity contribution in [3.63, 3.8) is 0 Å². The molecule has 1 saturated carbocycles. The lowest BCUT2D eigenvalue weighted by Crippen LogP contribution is -2.54. The molecule has 0 N–H and O–H groups in total. The first-order valence-corrected chi connectivity index (χ1v) is 6.35. The van der Waals surface area contributed by atoms with Gasteiger partial charge < -0.3 is 0 Å². The number of alkyl halides is 1. The summed E-state index contributed by atoms with van der Waals surface area (Å²) in [5, 5.41) is 0. The van der Waals surface area contributed by atoms with Gasteiger partial charge in [0.1, 0.15) is 6.67 Å². The van der Waals surface area contributed by atoms with Crippen LogP contribution in [0, 0.1) is 5.92 Å². The van der Waals surface area contributed by atoms with Crippen LogP contribution in [0.4, 0.5) is 4.39 Å². The van der Waals surface area contributed by atoms with Crippen LogP contribution >= 0.6 is 0 Å². The number of piperazine rings is 1. The van der Waals surface area contributed by atoms with Gasteiger partial charge in [-0.2, -0.15) is 0 Å². The molecule has 3 heteroatoms. The molecule has 2 fully saturated rings. The molecule has 1 aliphatic carbocycles. The molecule has 0 aromatic carbocycles. The van der Waals surface area contributed by atoms with E-state index in [0.717, 1.165) is 38.1 Å². The van der Waals surface area contributed by atoms with Gasteiger partial charge in [0.2, 0.25) is 0 Å². The monoisotopic (exact) mass is 214 g/mol. The fourth-order valence-corrected chi connectivity index (χ4v) is 2.80. The van der Waals surface area contributed by atoms with Crippen LogP contribution in [-0.2, 0) is 0 Å². The largest absolute Gasteiger partial charge is 0.298 e. The Kier molecular flexibility index (Phi) is 3.98. The van der Waals surface area contributed by atoms with Gasteiger partial charge in [-0.1, -0.05) is 13.3 Å². The Morgan fingerprint density at radius 2 is 1.80 bits per heavy atom. The molecule has 0 atom stereocenters. The first-order valence-electron chi connectivity index (χ1n) is 6.35. The highest BCUT2D eigenvalue weighted by molar-refractivity contribution is 4.88. The molecule has 1 saturated heterocycles. The Labute approximate surface area is 92.4 Å². The Balaban J connectivity index is 1.66. The van der Waals surface area contributed by atoms with Crippen molar-refractivity contribution in [2.75, 3.05) is 39.4 Å². The molecule has 88 valence electrons. The van der Waals surface area contributed by atoms with E-state index in [4.69, 9.17) is 0 Å². The summed E-state index contributed by atoms with van der Waals surface area (Å²) in [7, 11) is 0. The summed E-state index contributed by atoms with van der Waals surface area (Å²) in [6.45, 7) is 7.17. The second-order valence-electron chi connectivity index (χ2n) is 4.97. The molecule has 2 rings (SSSR count). The third-order valence-electron chi connectivity index (χ3n) is 4.11. The van der Waals surface area contributed by atoms with Gasteiger partial charge in [0, 0.05) is 38.8 Å². The normalized spacial score (nSPS) is 34.0. The lowest BCUT2D eigenvalue weighted by atomic mass is 9.77. The van der Waals surface area contributed by atoms with E-state index < -0.39 is 0 Å². The first kappa shape index (κ1) is 11.3. The Hall–Kier alpha value is -0.150. The van der Waals surface area contributed by atoms with Gasteiger partial charge in [0.05, 0.1) is 0 Å². The topological polar surface area (TPSA) is 6.48 Å². The number of hydrogen-bond acceptors (Lipinski definition) is 2. The molecule has 0 spiro atoms. The summed E-state index contributed by atoms with van der Waals surface area (Å²) >= 11 is 0. The second kappa shape index (κ2) is 5.26. The third-order valence-corrected chi connectivity index (χ3v) is 4.11. The summed E-state index contributed by atoms with van der Waals surface area (Å²) in [5.41, 5.74) is 0. The van der Waals surface area contributed by atoms with E-state index in [9.17, 15) is 4.39 Å². The summed E-state index contributed by atoms with van der Waals surface area (Å²) in [6, 6.07) is 0.850. The van der Waals surface area contributed by atoms with E-state index in [1.807, 2.05) is 0 Å². The quantitative estimate of drug-likeness (QED) is 0.703. The van der Waals surface area contributed by atoms with Gasteiger partial charge in [-0.3, -0.25) is 9.80 Å². The zero-order chi connectivity index (χ0) is 10.7. The van der Waals surface area contributed by atoms with E-state index in [0.29, 0.717) is 6.54 Å². The fraction of sp³-hybridized carbons (Fsp3) is 1.00. The van der Waals surface area contributed by atoms with Crippen molar-refractivity contribution in [1.29, 1.82) is 0 Å². The van der Waals surface area contributed by atoms with Crippen molar-refractivity contribution in [1.82, 2.24) is 9.80 Å². The molecule has 0 radical (unpaired) electrons. The predicted molar refractivity (Wildman–Crippen MR) is 60.8 cm³/mol. The third kappa shape index (κ3) is 2.70. The van der Waals surface area contributed by atoms with Crippen molar-refractivity contribution in [2.24, 2.45) is 5.92 Å². The Morgan fingerprint density at radius 3 is 2.33 bits per heavy atom. The second-order valence-corrected chi connectivity index (χ2v) is 4.97. The van der Waals surface area contributed by atoms with Gasteiger partial charge >= 0.3 is 0 Å². The highest BCUT2D eigenvalue weighted by atomic mass is 19.1. The van der Waals surface area contributed by atoms with Crippen LogP contribution in [0.25, 0.3) is 0 Å².